The molecular formula is C19H25N3O3S. The predicted molar refractivity (Wildman–Crippen MR) is 99.3 cm³/mol. The summed E-state index contributed by atoms with van der Waals surface area (Å²) in [6, 6.07) is -0.725. The monoisotopic (exact) mass is 375 g/mol. The molecule has 1 saturated heterocycles. The molecule has 0 spiro atoms. The second-order valence-electron chi connectivity index (χ2n) is 7.31. The molecule has 1 aromatic rings. The lowest BCUT2D eigenvalue weighted by molar-refractivity contribution is -0.148. The number of thiazole rings is 1. The van der Waals surface area contributed by atoms with Gasteiger partial charge in [0.2, 0.25) is 17.7 Å². The molecule has 0 saturated carbocycles. The lowest BCUT2D eigenvalue weighted by Crippen LogP contribution is -2.51. The molecule has 2 aliphatic rings. The van der Waals surface area contributed by atoms with Crippen LogP contribution >= 0.6 is 11.3 Å². The summed E-state index contributed by atoms with van der Waals surface area (Å²) in [7, 11) is 0. The van der Waals surface area contributed by atoms with E-state index < -0.39 is 6.04 Å². The van der Waals surface area contributed by atoms with Crippen LogP contribution in [-0.4, -0.2) is 40.2 Å². The number of amides is 3. The van der Waals surface area contributed by atoms with Crippen molar-refractivity contribution < 1.29 is 14.4 Å². The molecule has 7 heteroatoms. The molecule has 1 aliphatic carbocycles. The van der Waals surface area contributed by atoms with Crippen LogP contribution in [0, 0.1) is 17.8 Å². The van der Waals surface area contributed by atoms with Gasteiger partial charge in [-0.2, -0.15) is 0 Å². The zero-order valence-electron chi connectivity index (χ0n) is 15.2. The molecule has 3 unspecified atom stereocenters. The van der Waals surface area contributed by atoms with Gasteiger partial charge in [-0.3, -0.25) is 19.3 Å². The smallest absolute Gasteiger partial charge is 0.243 e. The summed E-state index contributed by atoms with van der Waals surface area (Å²) >= 11 is 1.55. The molecule has 140 valence electrons. The molecule has 0 bridgehead atoms. The van der Waals surface area contributed by atoms with Crippen LogP contribution in [0.5, 0.6) is 0 Å². The summed E-state index contributed by atoms with van der Waals surface area (Å²) in [6.07, 6.45) is 7.96. The van der Waals surface area contributed by atoms with E-state index in [1.54, 1.807) is 17.5 Å². The van der Waals surface area contributed by atoms with Crippen molar-refractivity contribution in [3.05, 3.63) is 28.7 Å². The Bertz CT molecular complexity index is 673. The molecule has 1 N–H and O–H groups in total. The number of hydrogen-bond donors (Lipinski definition) is 1. The molecule has 2 heterocycles. The fourth-order valence-electron chi connectivity index (χ4n) is 3.70. The third kappa shape index (κ3) is 3.87. The Morgan fingerprint density at radius 2 is 1.92 bits per heavy atom. The first kappa shape index (κ1) is 18.8. The average molecular weight is 375 g/mol. The number of allylic oxidation sites excluding steroid dienone is 2. The largest absolute Gasteiger partial charge is 0.354 e. The zero-order valence-corrected chi connectivity index (χ0v) is 16.0. The van der Waals surface area contributed by atoms with Gasteiger partial charge in [0.15, 0.2) is 0 Å². The van der Waals surface area contributed by atoms with Crippen LogP contribution < -0.4 is 5.32 Å². The fourth-order valence-corrected chi connectivity index (χ4v) is 4.32. The maximum absolute atomic E-state index is 12.8. The molecule has 0 aromatic carbocycles. The molecule has 1 aromatic heterocycles. The lowest BCUT2D eigenvalue weighted by atomic mass is 9.85. The van der Waals surface area contributed by atoms with E-state index in [0.717, 1.165) is 5.01 Å². The highest BCUT2D eigenvalue weighted by molar-refractivity contribution is 7.09. The SMILES string of the molecule is CC(C)CC(C(=O)NCCc1nccs1)N1C(=O)C2CC=CCC2C1=O. The maximum atomic E-state index is 12.8. The van der Waals surface area contributed by atoms with Crippen molar-refractivity contribution >= 4 is 29.1 Å². The number of carbonyl (C=O) groups excluding carboxylic acids is 3. The Balaban J connectivity index is 1.69. The normalized spacial score (nSPS) is 23.4. The van der Waals surface area contributed by atoms with Gasteiger partial charge in [0.25, 0.3) is 0 Å². The van der Waals surface area contributed by atoms with E-state index >= 15 is 0 Å². The van der Waals surface area contributed by atoms with Gasteiger partial charge >= 0.3 is 0 Å². The van der Waals surface area contributed by atoms with Crippen LogP contribution in [0.3, 0.4) is 0 Å². The number of rotatable bonds is 7. The molecular weight excluding hydrogens is 350 g/mol. The standard InChI is InChI=1S/C19H25N3O3S/c1-12(2)11-15(17(23)21-8-7-16-20-9-10-26-16)22-18(24)13-5-3-4-6-14(13)19(22)25/h3-4,9-10,12-15H,5-8,11H2,1-2H3,(H,21,23). The quantitative estimate of drug-likeness (QED) is 0.585. The molecule has 26 heavy (non-hydrogen) atoms. The van der Waals surface area contributed by atoms with Gasteiger partial charge in [0, 0.05) is 24.5 Å². The van der Waals surface area contributed by atoms with Gasteiger partial charge in [-0.25, -0.2) is 4.98 Å². The summed E-state index contributed by atoms with van der Waals surface area (Å²) in [5.74, 6) is -1.03. The van der Waals surface area contributed by atoms with Crippen molar-refractivity contribution in [1.82, 2.24) is 15.2 Å². The Labute approximate surface area is 157 Å². The van der Waals surface area contributed by atoms with Gasteiger partial charge in [-0.1, -0.05) is 26.0 Å². The van der Waals surface area contributed by atoms with Crippen molar-refractivity contribution in [3.8, 4) is 0 Å². The molecule has 0 radical (unpaired) electrons. The molecule has 3 rings (SSSR count). The van der Waals surface area contributed by atoms with Crippen LogP contribution in [0.1, 0.15) is 38.1 Å². The number of nitrogens with one attached hydrogen (secondary N) is 1. The number of nitrogens with zero attached hydrogens (tertiary/aromatic N) is 2. The van der Waals surface area contributed by atoms with E-state index in [1.807, 2.05) is 31.4 Å². The molecule has 6 nitrogen and oxygen atoms in total. The highest BCUT2D eigenvalue weighted by atomic mass is 32.1. The zero-order chi connectivity index (χ0) is 18.7. The van der Waals surface area contributed by atoms with E-state index in [-0.39, 0.29) is 35.5 Å². The first-order valence-electron chi connectivity index (χ1n) is 9.17. The third-order valence-electron chi connectivity index (χ3n) is 4.97. The third-order valence-corrected chi connectivity index (χ3v) is 5.81. The maximum Gasteiger partial charge on any atom is 0.243 e. The van der Waals surface area contributed by atoms with Crippen LogP contribution in [-0.2, 0) is 20.8 Å². The molecule has 3 atom stereocenters. The van der Waals surface area contributed by atoms with Crippen molar-refractivity contribution in [2.24, 2.45) is 17.8 Å². The summed E-state index contributed by atoms with van der Waals surface area (Å²) in [5.41, 5.74) is 0. The first-order chi connectivity index (χ1) is 12.5. The van der Waals surface area contributed by atoms with Gasteiger partial charge in [-0.05, 0) is 25.2 Å². The van der Waals surface area contributed by atoms with Crippen LogP contribution in [0.4, 0.5) is 0 Å². The highest BCUT2D eigenvalue weighted by Gasteiger charge is 2.51. The Morgan fingerprint density at radius 3 is 2.46 bits per heavy atom. The first-order valence-corrected chi connectivity index (χ1v) is 10.0. The van der Waals surface area contributed by atoms with Gasteiger partial charge < -0.3 is 5.32 Å². The Kier molecular flexibility index (Phi) is 5.86. The summed E-state index contributed by atoms with van der Waals surface area (Å²) < 4.78 is 0. The van der Waals surface area contributed by atoms with Crippen molar-refractivity contribution in [2.45, 2.75) is 45.6 Å². The molecule has 3 amide bonds. The lowest BCUT2D eigenvalue weighted by Gasteiger charge is -2.27. The molecule has 1 fully saturated rings. The summed E-state index contributed by atoms with van der Waals surface area (Å²) in [6.45, 7) is 4.44. The van der Waals surface area contributed by atoms with E-state index in [0.29, 0.717) is 32.2 Å². The average Bonchev–Trinajstić information content (AvgIpc) is 3.21. The van der Waals surface area contributed by atoms with Crippen LogP contribution in [0.15, 0.2) is 23.7 Å². The number of fused-ring (bicyclic) bond motifs is 1. The van der Waals surface area contributed by atoms with E-state index in [2.05, 4.69) is 10.3 Å². The Hall–Kier alpha value is -2.02. The molecule has 1 aliphatic heterocycles. The van der Waals surface area contributed by atoms with Crippen LogP contribution in [0.2, 0.25) is 0 Å². The number of carbonyl (C=O) groups is 3. The minimum Gasteiger partial charge on any atom is -0.354 e. The van der Waals surface area contributed by atoms with E-state index in [4.69, 9.17) is 0 Å². The van der Waals surface area contributed by atoms with Crippen LogP contribution in [0.25, 0.3) is 0 Å². The number of likely N-dealkylation sites (tertiary alicyclic amines) is 1. The van der Waals surface area contributed by atoms with Gasteiger partial charge in [0.1, 0.15) is 6.04 Å². The summed E-state index contributed by atoms with van der Waals surface area (Å²) in [4.78, 5) is 43.9. The van der Waals surface area contributed by atoms with Gasteiger partial charge in [-0.15, -0.1) is 11.3 Å². The number of aromatic nitrogens is 1. The highest BCUT2D eigenvalue weighted by Crippen LogP contribution is 2.37. The minimum atomic E-state index is -0.725. The second-order valence-corrected chi connectivity index (χ2v) is 8.29. The van der Waals surface area contributed by atoms with Crippen molar-refractivity contribution in [1.29, 1.82) is 0 Å². The minimum absolute atomic E-state index is 0.190. The predicted octanol–water partition coefficient (Wildman–Crippen LogP) is 2.17. The van der Waals surface area contributed by atoms with Crippen molar-refractivity contribution in [2.75, 3.05) is 6.54 Å². The van der Waals surface area contributed by atoms with E-state index in [1.165, 1.54) is 4.90 Å². The number of imide groups is 1. The summed E-state index contributed by atoms with van der Waals surface area (Å²) in [5, 5.41) is 5.75. The van der Waals surface area contributed by atoms with Gasteiger partial charge in [0.05, 0.1) is 16.8 Å². The number of hydrogen-bond acceptors (Lipinski definition) is 5. The van der Waals surface area contributed by atoms with E-state index in [9.17, 15) is 14.4 Å². The topological polar surface area (TPSA) is 79.4 Å². The fraction of sp³-hybridized carbons (Fsp3) is 0.579. The van der Waals surface area contributed by atoms with Crippen molar-refractivity contribution in [3.63, 3.8) is 0 Å². The second kappa shape index (κ2) is 8.12. The Morgan fingerprint density at radius 1 is 1.27 bits per heavy atom.